The Hall–Kier alpha value is -2.36. The van der Waals surface area contributed by atoms with Crippen LogP contribution >= 0.6 is 0 Å². The van der Waals surface area contributed by atoms with Crippen LogP contribution in [0, 0.1) is 11.6 Å². The van der Waals surface area contributed by atoms with E-state index < -0.39 is 39.4 Å². The van der Waals surface area contributed by atoms with Gasteiger partial charge in [0.25, 0.3) is 0 Å². The van der Waals surface area contributed by atoms with E-state index in [9.17, 15) is 17.6 Å². The van der Waals surface area contributed by atoms with E-state index in [1.54, 1.807) is 6.07 Å². The van der Waals surface area contributed by atoms with Gasteiger partial charge in [0.2, 0.25) is 15.9 Å². The van der Waals surface area contributed by atoms with E-state index in [-0.39, 0.29) is 28.9 Å². The summed E-state index contributed by atoms with van der Waals surface area (Å²) in [6.07, 6.45) is 0.359. The van der Waals surface area contributed by atoms with Crippen LogP contribution in [0.2, 0.25) is 0 Å². The zero-order valence-corrected chi connectivity index (χ0v) is 14.5. The summed E-state index contributed by atoms with van der Waals surface area (Å²) in [6.45, 7) is 0.213. The third-order valence-electron chi connectivity index (χ3n) is 4.27. The quantitative estimate of drug-likeness (QED) is 0.837. The van der Waals surface area contributed by atoms with E-state index in [1.807, 2.05) is 0 Å². The van der Waals surface area contributed by atoms with Crippen molar-refractivity contribution in [2.45, 2.75) is 18.2 Å². The van der Waals surface area contributed by atoms with Crippen molar-refractivity contribution in [1.29, 1.82) is 0 Å². The number of halogens is 2. The first-order chi connectivity index (χ1) is 12.2. The number of hydrogen-bond donors (Lipinski definition) is 2. The van der Waals surface area contributed by atoms with Crippen molar-refractivity contribution < 1.29 is 22.0 Å². The van der Waals surface area contributed by atoms with Gasteiger partial charge in [-0.25, -0.2) is 22.3 Å². The number of primary sulfonamides is 1. The molecule has 0 aromatic heterocycles. The number of nitrogens with zero attached hydrogens (tertiary/aromatic N) is 1. The molecule has 1 heterocycles. The molecule has 138 valence electrons. The Labute approximate surface area is 149 Å². The molecular weight excluding hydrogens is 364 g/mol. The lowest BCUT2D eigenvalue weighted by Crippen LogP contribution is -2.34. The van der Waals surface area contributed by atoms with Crippen LogP contribution in [-0.2, 0) is 20.6 Å². The van der Waals surface area contributed by atoms with Gasteiger partial charge >= 0.3 is 0 Å². The normalized spacial score (nSPS) is 17.8. The summed E-state index contributed by atoms with van der Waals surface area (Å²) in [5.74, 6) is -2.84. The van der Waals surface area contributed by atoms with E-state index in [0.717, 1.165) is 4.90 Å². The maximum atomic E-state index is 15.2. The van der Waals surface area contributed by atoms with E-state index in [4.69, 9.17) is 10.9 Å². The molecular formula is C17H17F2N3O3S. The van der Waals surface area contributed by atoms with Gasteiger partial charge in [0, 0.05) is 17.7 Å². The van der Waals surface area contributed by atoms with Crippen molar-refractivity contribution in [1.82, 2.24) is 0 Å². The van der Waals surface area contributed by atoms with E-state index in [0.29, 0.717) is 6.42 Å². The van der Waals surface area contributed by atoms with Crippen molar-refractivity contribution in [3.63, 3.8) is 0 Å². The molecule has 26 heavy (non-hydrogen) atoms. The van der Waals surface area contributed by atoms with Crippen molar-refractivity contribution in [2.75, 3.05) is 11.4 Å². The number of nitrogens with two attached hydrogens (primary N) is 2. The predicted octanol–water partition coefficient (Wildman–Crippen LogP) is 1.48. The molecule has 4 N–H and O–H groups in total. The molecule has 0 bridgehead atoms. The molecule has 1 aliphatic heterocycles. The summed E-state index contributed by atoms with van der Waals surface area (Å²) in [5.41, 5.74) is 5.38. The number of hydrogen-bond acceptors (Lipinski definition) is 4. The van der Waals surface area contributed by atoms with Gasteiger partial charge in [0.1, 0.15) is 5.82 Å². The number of carbonyl (C=O) groups excluding carboxylic acids is 1. The second kappa shape index (κ2) is 6.75. The smallest absolute Gasteiger partial charge is 0.244 e. The fourth-order valence-corrected chi connectivity index (χ4v) is 3.72. The Kier molecular flexibility index (Phi) is 4.78. The summed E-state index contributed by atoms with van der Waals surface area (Å²) in [6, 6.07) is 7.58. The first-order valence-electron chi connectivity index (χ1n) is 7.83. The molecule has 0 spiro atoms. The second-order valence-corrected chi connectivity index (χ2v) is 7.71. The SMILES string of the molecule is NC1CCN(c2ccc(-c3ccccc3F)c(CS(N)(=O)=O)c2F)C1=O. The second-order valence-electron chi connectivity index (χ2n) is 6.10. The number of carbonyl (C=O) groups is 1. The molecule has 1 unspecified atom stereocenters. The fraction of sp³-hybridized carbons (Fsp3) is 0.235. The third-order valence-corrected chi connectivity index (χ3v) is 4.96. The van der Waals surface area contributed by atoms with Gasteiger partial charge in [0.15, 0.2) is 5.82 Å². The minimum Gasteiger partial charge on any atom is -0.320 e. The number of benzene rings is 2. The average Bonchev–Trinajstić information content (AvgIpc) is 2.89. The van der Waals surface area contributed by atoms with Gasteiger partial charge in [-0.15, -0.1) is 0 Å². The van der Waals surface area contributed by atoms with Crippen LogP contribution in [0.15, 0.2) is 36.4 Å². The molecule has 1 amide bonds. The average molecular weight is 381 g/mol. The van der Waals surface area contributed by atoms with Crippen molar-refractivity contribution >= 4 is 21.6 Å². The highest BCUT2D eigenvalue weighted by Crippen LogP contribution is 2.35. The Morgan fingerprint density at radius 3 is 2.38 bits per heavy atom. The van der Waals surface area contributed by atoms with E-state index in [2.05, 4.69) is 0 Å². The standard InChI is InChI=1S/C17H17F2N3O3S/c18-13-4-2-1-3-11(13)10-5-6-15(22-8-7-14(20)17(22)23)16(19)12(10)9-26(21,24)25/h1-6,14H,7-9,20H2,(H2,21,24,25). The summed E-state index contributed by atoms with van der Waals surface area (Å²) >= 11 is 0. The highest BCUT2D eigenvalue weighted by Gasteiger charge is 2.32. The molecule has 3 rings (SSSR count). The topological polar surface area (TPSA) is 106 Å². The summed E-state index contributed by atoms with van der Waals surface area (Å²) < 4.78 is 52.5. The van der Waals surface area contributed by atoms with Gasteiger partial charge < -0.3 is 10.6 Å². The highest BCUT2D eigenvalue weighted by atomic mass is 32.2. The monoisotopic (exact) mass is 381 g/mol. The first kappa shape index (κ1) is 18.4. The molecule has 9 heteroatoms. The van der Waals surface area contributed by atoms with Gasteiger partial charge in [-0.05, 0) is 24.1 Å². The summed E-state index contributed by atoms with van der Waals surface area (Å²) in [5, 5.41) is 5.09. The fourth-order valence-electron chi connectivity index (χ4n) is 3.03. The minimum atomic E-state index is -4.10. The maximum Gasteiger partial charge on any atom is 0.244 e. The molecule has 0 radical (unpaired) electrons. The van der Waals surface area contributed by atoms with Gasteiger partial charge in [-0.2, -0.15) is 0 Å². The molecule has 1 aliphatic rings. The van der Waals surface area contributed by atoms with E-state index >= 15 is 4.39 Å². The van der Waals surface area contributed by atoms with Crippen LogP contribution in [0.4, 0.5) is 14.5 Å². The lowest BCUT2D eigenvalue weighted by atomic mass is 9.98. The van der Waals surface area contributed by atoms with Gasteiger partial charge in [0.05, 0.1) is 17.5 Å². The minimum absolute atomic E-state index is 0.0426. The molecule has 0 aliphatic carbocycles. The molecule has 6 nitrogen and oxygen atoms in total. The molecule has 2 aromatic rings. The largest absolute Gasteiger partial charge is 0.320 e. The molecule has 1 fully saturated rings. The van der Waals surface area contributed by atoms with E-state index in [1.165, 1.54) is 30.3 Å². The van der Waals surface area contributed by atoms with Crippen molar-refractivity contribution in [2.24, 2.45) is 10.9 Å². The van der Waals surface area contributed by atoms with Gasteiger partial charge in [-0.1, -0.05) is 24.3 Å². The third kappa shape index (κ3) is 3.46. The molecule has 0 saturated carbocycles. The van der Waals surface area contributed by atoms with Crippen LogP contribution < -0.4 is 15.8 Å². The summed E-state index contributed by atoms with van der Waals surface area (Å²) in [7, 11) is -4.10. The van der Waals surface area contributed by atoms with Crippen LogP contribution in [0.5, 0.6) is 0 Å². The zero-order valence-electron chi connectivity index (χ0n) is 13.7. The zero-order chi connectivity index (χ0) is 19.1. The highest BCUT2D eigenvalue weighted by molar-refractivity contribution is 7.88. The van der Waals surface area contributed by atoms with Crippen LogP contribution in [0.25, 0.3) is 11.1 Å². The number of anilines is 1. The van der Waals surface area contributed by atoms with Gasteiger partial charge in [-0.3, -0.25) is 4.79 Å². The molecule has 1 atom stereocenters. The Balaban J connectivity index is 2.19. The molecule has 1 saturated heterocycles. The lowest BCUT2D eigenvalue weighted by Gasteiger charge is -2.20. The first-order valence-corrected chi connectivity index (χ1v) is 9.54. The maximum absolute atomic E-state index is 15.2. The van der Waals surface area contributed by atoms with Crippen molar-refractivity contribution in [3.8, 4) is 11.1 Å². The number of rotatable bonds is 4. The van der Waals surface area contributed by atoms with Crippen LogP contribution in [0.1, 0.15) is 12.0 Å². The Morgan fingerprint density at radius 2 is 1.81 bits per heavy atom. The number of sulfonamides is 1. The van der Waals surface area contributed by atoms with Crippen molar-refractivity contribution in [3.05, 3.63) is 53.6 Å². The Morgan fingerprint density at radius 1 is 1.12 bits per heavy atom. The lowest BCUT2D eigenvalue weighted by molar-refractivity contribution is -0.118. The Bertz CT molecular complexity index is 979. The molecule has 2 aromatic carbocycles. The number of amides is 1. The summed E-state index contributed by atoms with van der Waals surface area (Å²) in [4.78, 5) is 13.3. The van der Waals surface area contributed by atoms with Crippen LogP contribution in [0.3, 0.4) is 0 Å². The predicted molar refractivity (Wildman–Crippen MR) is 93.6 cm³/mol. The van der Waals surface area contributed by atoms with Crippen LogP contribution in [-0.4, -0.2) is 26.9 Å².